The number of carbonyl (C=O) groups is 1. The van der Waals surface area contributed by atoms with E-state index in [0.717, 1.165) is 55.5 Å². The number of piperidine rings is 1. The summed E-state index contributed by atoms with van der Waals surface area (Å²) in [5, 5.41) is 4.43. The predicted molar refractivity (Wildman–Crippen MR) is 103 cm³/mol. The largest absolute Gasteiger partial charge is 0.339 e. The van der Waals surface area contributed by atoms with E-state index in [2.05, 4.69) is 17.2 Å². The van der Waals surface area contributed by atoms with Crippen molar-refractivity contribution in [3.8, 4) is 0 Å². The Morgan fingerprint density at radius 2 is 1.92 bits per heavy atom. The number of aromatic nitrogens is 1. The lowest BCUT2D eigenvalue weighted by Gasteiger charge is -2.32. The number of pyridine rings is 1. The van der Waals surface area contributed by atoms with Crippen LogP contribution in [-0.2, 0) is 0 Å². The first kappa shape index (κ1) is 20.7. The average Bonchev–Trinajstić information content (AvgIpc) is 2.59. The van der Waals surface area contributed by atoms with Crippen LogP contribution in [0.15, 0.2) is 36.5 Å². The molecule has 0 saturated carbocycles. The molecule has 1 aliphatic rings. The highest BCUT2D eigenvalue weighted by Gasteiger charge is 2.24. The average molecular weight is 370 g/mol. The zero-order chi connectivity index (χ0) is 15.4. The number of rotatable bonds is 4. The van der Waals surface area contributed by atoms with Crippen molar-refractivity contribution < 1.29 is 4.79 Å². The van der Waals surface area contributed by atoms with Crippen LogP contribution in [0.4, 0.5) is 0 Å². The number of fused-ring (bicyclic) bond motifs is 1. The summed E-state index contributed by atoms with van der Waals surface area (Å²) >= 11 is 0. The van der Waals surface area contributed by atoms with Crippen molar-refractivity contribution in [1.29, 1.82) is 0 Å². The van der Waals surface area contributed by atoms with Crippen LogP contribution in [0.3, 0.4) is 0 Å². The van der Waals surface area contributed by atoms with E-state index >= 15 is 0 Å². The van der Waals surface area contributed by atoms with E-state index in [4.69, 9.17) is 0 Å². The number of amides is 1. The molecule has 24 heavy (non-hydrogen) atoms. The minimum Gasteiger partial charge on any atom is -0.339 e. The summed E-state index contributed by atoms with van der Waals surface area (Å²) in [5.41, 5.74) is 1.54. The molecule has 0 unspecified atom stereocenters. The van der Waals surface area contributed by atoms with E-state index in [-0.39, 0.29) is 30.7 Å². The first-order chi connectivity index (χ1) is 10.8. The fourth-order valence-electron chi connectivity index (χ4n) is 3.14. The van der Waals surface area contributed by atoms with Crippen molar-refractivity contribution in [2.45, 2.75) is 19.8 Å². The van der Waals surface area contributed by atoms with Crippen LogP contribution in [0.1, 0.15) is 30.1 Å². The fourth-order valence-corrected chi connectivity index (χ4v) is 3.14. The standard InChI is InChI=1S/C18H23N3O.2ClH/c1-2-19-13-14-8-11-21(12-9-14)18(22)16-7-3-5-15-6-4-10-20-17(15)16;;/h3-7,10,14,19H,2,8-9,11-13H2,1H3;2*1H. The molecule has 0 aliphatic carbocycles. The zero-order valence-corrected chi connectivity index (χ0v) is 15.5. The molecule has 0 bridgehead atoms. The Morgan fingerprint density at radius 3 is 2.62 bits per heavy atom. The van der Waals surface area contributed by atoms with Crippen molar-refractivity contribution in [1.82, 2.24) is 15.2 Å². The number of hydrogen-bond acceptors (Lipinski definition) is 3. The molecule has 1 aromatic carbocycles. The number of halogens is 2. The molecule has 1 amide bonds. The Hall–Kier alpha value is -1.36. The van der Waals surface area contributed by atoms with Gasteiger partial charge in [-0.25, -0.2) is 0 Å². The molecule has 4 nitrogen and oxygen atoms in total. The molecule has 132 valence electrons. The highest BCUT2D eigenvalue weighted by molar-refractivity contribution is 6.05. The van der Waals surface area contributed by atoms with Crippen molar-refractivity contribution >= 4 is 41.6 Å². The van der Waals surface area contributed by atoms with Crippen molar-refractivity contribution in [2.75, 3.05) is 26.2 Å². The van der Waals surface area contributed by atoms with Gasteiger partial charge in [0.25, 0.3) is 5.91 Å². The van der Waals surface area contributed by atoms with E-state index in [1.54, 1.807) is 6.20 Å². The van der Waals surface area contributed by atoms with Crippen LogP contribution in [0.2, 0.25) is 0 Å². The van der Waals surface area contributed by atoms with Crippen molar-refractivity contribution in [2.24, 2.45) is 5.92 Å². The maximum Gasteiger partial charge on any atom is 0.256 e. The lowest BCUT2D eigenvalue weighted by Crippen LogP contribution is -2.40. The third-order valence-corrected chi connectivity index (χ3v) is 4.45. The molecule has 0 spiro atoms. The number of benzene rings is 1. The van der Waals surface area contributed by atoms with E-state index in [1.807, 2.05) is 35.2 Å². The lowest BCUT2D eigenvalue weighted by atomic mass is 9.96. The maximum absolute atomic E-state index is 12.8. The minimum absolute atomic E-state index is 0. The number of hydrogen-bond donors (Lipinski definition) is 1. The molecule has 2 heterocycles. The van der Waals surface area contributed by atoms with E-state index in [1.165, 1.54) is 0 Å². The fraction of sp³-hybridized carbons (Fsp3) is 0.444. The Kier molecular flexibility index (Phi) is 8.46. The lowest BCUT2D eigenvalue weighted by molar-refractivity contribution is 0.0692. The maximum atomic E-state index is 12.8. The minimum atomic E-state index is 0. The topological polar surface area (TPSA) is 45.2 Å². The molecule has 6 heteroatoms. The van der Waals surface area contributed by atoms with Crippen LogP contribution >= 0.6 is 24.8 Å². The van der Waals surface area contributed by atoms with Gasteiger partial charge >= 0.3 is 0 Å². The van der Waals surface area contributed by atoms with Gasteiger partial charge in [-0.3, -0.25) is 9.78 Å². The molecule has 0 radical (unpaired) electrons. The van der Waals surface area contributed by atoms with Gasteiger partial charge in [-0.05, 0) is 44.0 Å². The second-order valence-electron chi connectivity index (χ2n) is 5.92. The first-order valence-electron chi connectivity index (χ1n) is 8.13. The van der Waals surface area contributed by atoms with Gasteiger partial charge in [0.1, 0.15) is 0 Å². The first-order valence-corrected chi connectivity index (χ1v) is 8.13. The van der Waals surface area contributed by atoms with Crippen LogP contribution < -0.4 is 5.32 Å². The summed E-state index contributed by atoms with van der Waals surface area (Å²) < 4.78 is 0. The van der Waals surface area contributed by atoms with E-state index < -0.39 is 0 Å². The van der Waals surface area contributed by atoms with Crippen LogP contribution in [-0.4, -0.2) is 42.0 Å². The number of nitrogens with one attached hydrogen (secondary N) is 1. The molecule has 1 fully saturated rings. The van der Waals surface area contributed by atoms with Gasteiger partial charge in [0.15, 0.2) is 0 Å². The van der Waals surface area contributed by atoms with Crippen LogP contribution in [0.5, 0.6) is 0 Å². The molecule has 2 aromatic rings. The SMILES string of the molecule is CCNCC1CCN(C(=O)c2cccc3cccnc23)CC1.Cl.Cl. The summed E-state index contributed by atoms with van der Waals surface area (Å²) in [6, 6.07) is 9.74. The molecule has 1 aromatic heterocycles. The summed E-state index contributed by atoms with van der Waals surface area (Å²) in [7, 11) is 0. The van der Waals surface area contributed by atoms with E-state index in [9.17, 15) is 4.79 Å². The van der Waals surface area contributed by atoms with Crippen LogP contribution in [0, 0.1) is 5.92 Å². The smallest absolute Gasteiger partial charge is 0.256 e. The zero-order valence-electron chi connectivity index (χ0n) is 13.9. The predicted octanol–water partition coefficient (Wildman–Crippen LogP) is 3.54. The Morgan fingerprint density at radius 1 is 1.21 bits per heavy atom. The number of likely N-dealkylation sites (tertiary alicyclic amines) is 1. The molecule has 0 atom stereocenters. The van der Waals surface area contributed by atoms with Gasteiger partial charge < -0.3 is 10.2 Å². The second kappa shape index (κ2) is 9.82. The molecule has 1 aliphatic heterocycles. The van der Waals surface area contributed by atoms with Gasteiger partial charge in [-0.15, -0.1) is 24.8 Å². The Balaban J connectivity index is 0.00000144. The summed E-state index contributed by atoms with van der Waals surface area (Å²) in [6.45, 7) is 5.90. The Bertz CT molecular complexity index is 652. The normalized spacial score (nSPS) is 14.8. The number of carbonyl (C=O) groups excluding carboxylic acids is 1. The van der Waals surface area contributed by atoms with Crippen LogP contribution in [0.25, 0.3) is 10.9 Å². The van der Waals surface area contributed by atoms with Gasteiger partial charge in [-0.2, -0.15) is 0 Å². The number of nitrogens with zero attached hydrogens (tertiary/aromatic N) is 2. The third-order valence-electron chi connectivity index (χ3n) is 4.45. The van der Waals surface area contributed by atoms with Crippen molar-refractivity contribution in [3.05, 3.63) is 42.1 Å². The van der Waals surface area contributed by atoms with Gasteiger partial charge in [-0.1, -0.05) is 25.1 Å². The highest BCUT2D eigenvalue weighted by Crippen LogP contribution is 2.22. The van der Waals surface area contributed by atoms with Gasteiger partial charge in [0.2, 0.25) is 0 Å². The summed E-state index contributed by atoms with van der Waals surface area (Å²) in [5.74, 6) is 0.806. The second-order valence-corrected chi connectivity index (χ2v) is 5.92. The van der Waals surface area contributed by atoms with E-state index in [0.29, 0.717) is 5.92 Å². The summed E-state index contributed by atoms with van der Waals surface area (Å²) in [6.07, 6.45) is 3.91. The highest BCUT2D eigenvalue weighted by atomic mass is 35.5. The molecular weight excluding hydrogens is 345 g/mol. The number of para-hydroxylation sites is 1. The molecular formula is C18H25Cl2N3O. The quantitative estimate of drug-likeness (QED) is 0.896. The monoisotopic (exact) mass is 369 g/mol. The van der Waals surface area contributed by atoms with Gasteiger partial charge in [0, 0.05) is 24.7 Å². The molecule has 3 rings (SSSR count). The van der Waals surface area contributed by atoms with Crippen molar-refractivity contribution in [3.63, 3.8) is 0 Å². The van der Waals surface area contributed by atoms with Gasteiger partial charge in [0.05, 0.1) is 11.1 Å². The molecule has 1 saturated heterocycles. The molecule has 1 N–H and O–H groups in total. The third kappa shape index (κ3) is 4.59. The summed E-state index contributed by atoms with van der Waals surface area (Å²) in [4.78, 5) is 19.2. The Labute approximate surface area is 155 Å².